The molecule has 2 amide bonds. The topological polar surface area (TPSA) is 93.7 Å². The van der Waals surface area contributed by atoms with Crippen LogP contribution in [0.5, 0.6) is 5.75 Å². The molecular weight excluding hydrogens is 384 g/mol. The average molecular weight is 405 g/mol. The normalized spacial score (nSPS) is 10.1. The maximum Gasteiger partial charge on any atom is 0.325 e. The number of nitrogens with one attached hydrogen (secondary N) is 2. The summed E-state index contributed by atoms with van der Waals surface area (Å²) < 4.78 is 10.3. The summed E-state index contributed by atoms with van der Waals surface area (Å²) in [5.74, 6) is -1.27. The van der Waals surface area contributed by atoms with Gasteiger partial charge in [0.05, 0.1) is 12.2 Å². The van der Waals surface area contributed by atoms with E-state index in [2.05, 4.69) is 10.6 Å². The lowest BCUT2D eigenvalue weighted by Crippen LogP contribution is -2.32. The number of benzene rings is 2. The van der Waals surface area contributed by atoms with Crippen LogP contribution in [0.2, 0.25) is 5.02 Å². The number of carbonyl (C=O) groups is 3. The fourth-order valence-corrected chi connectivity index (χ4v) is 2.56. The van der Waals surface area contributed by atoms with Crippen LogP contribution in [-0.4, -0.2) is 37.5 Å². The van der Waals surface area contributed by atoms with Gasteiger partial charge in [0.1, 0.15) is 12.3 Å². The van der Waals surface area contributed by atoms with E-state index in [1.165, 1.54) is 0 Å². The maximum absolute atomic E-state index is 12.2. The first-order valence-corrected chi connectivity index (χ1v) is 9.00. The molecule has 0 atom stereocenters. The highest BCUT2D eigenvalue weighted by molar-refractivity contribution is 6.30. The van der Waals surface area contributed by atoms with Crippen LogP contribution >= 0.6 is 11.6 Å². The Hall–Kier alpha value is -3.06. The van der Waals surface area contributed by atoms with Gasteiger partial charge in [0, 0.05) is 10.7 Å². The molecule has 148 valence electrons. The Bertz CT molecular complexity index is 869. The lowest BCUT2D eigenvalue weighted by Gasteiger charge is -2.11. The lowest BCUT2D eigenvalue weighted by molar-refractivity contribution is -0.146. The Morgan fingerprint density at radius 1 is 1.11 bits per heavy atom. The molecular formula is C20H21ClN2O5. The first-order chi connectivity index (χ1) is 13.4. The molecule has 0 bridgehead atoms. The van der Waals surface area contributed by atoms with Crippen LogP contribution in [0.1, 0.15) is 22.8 Å². The first kappa shape index (κ1) is 21.2. The summed E-state index contributed by atoms with van der Waals surface area (Å²) in [4.78, 5) is 35.9. The van der Waals surface area contributed by atoms with Crippen molar-refractivity contribution in [2.45, 2.75) is 13.8 Å². The number of anilines is 1. The van der Waals surface area contributed by atoms with Crippen molar-refractivity contribution in [3.8, 4) is 5.75 Å². The number of esters is 1. The predicted molar refractivity (Wildman–Crippen MR) is 106 cm³/mol. The van der Waals surface area contributed by atoms with Crippen molar-refractivity contribution >= 4 is 35.1 Å². The zero-order chi connectivity index (χ0) is 20.5. The van der Waals surface area contributed by atoms with Crippen molar-refractivity contribution in [3.05, 3.63) is 58.6 Å². The van der Waals surface area contributed by atoms with Crippen LogP contribution in [0.15, 0.2) is 42.5 Å². The molecule has 2 aromatic rings. The molecule has 0 heterocycles. The van der Waals surface area contributed by atoms with E-state index in [1.807, 2.05) is 6.92 Å². The number of ether oxygens (including phenoxy) is 2. The number of aryl methyl sites for hydroxylation is 1. The summed E-state index contributed by atoms with van der Waals surface area (Å²) >= 11 is 5.86. The molecule has 0 aliphatic rings. The molecule has 0 radical (unpaired) electrons. The second kappa shape index (κ2) is 10.3. The zero-order valence-corrected chi connectivity index (χ0v) is 16.3. The highest BCUT2D eigenvalue weighted by atomic mass is 35.5. The van der Waals surface area contributed by atoms with Gasteiger partial charge in [-0.05, 0) is 49.7 Å². The zero-order valence-electron chi connectivity index (χ0n) is 15.6. The van der Waals surface area contributed by atoms with Gasteiger partial charge >= 0.3 is 5.97 Å². The number of rotatable bonds is 8. The van der Waals surface area contributed by atoms with Crippen LogP contribution in [0.3, 0.4) is 0 Å². The minimum atomic E-state index is -0.731. The Morgan fingerprint density at radius 2 is 1.86 bits per heavy atom. The molecule has 2 rings (SSSR count). The van der Waals surface area contributed by atoms with E-state index in [-0.39, 0.29) is 6.54 Å². The van der Waals surface area contributed by atoms with Crippen LogP contribution < -0.4 is 15.4 Å². The van der Waals surface area contributed by atoms with Crippen LogP contribution in [0, 0.1) is 6.92 Å². The van der Waals surface area contributed by atoms with E-state index in [0.717, 1.165) is 5.56 Å². The average Bonchev–Trinajstić information content (AvgIpc) is 2.67. The number of halogens is 1. The number of para-hydroxylation sites is 1. The van der Waals surface area contributed by atoms with Crippen molar-refractivity contribution in [3.63, 3.8) is 0 Å². The third kappa shape index (κ3) is 6.28. The molecule has 0 aliphatic carbocycles. The van der Waals surface area contributed by atoms with E-state index < -0.39 is 24.4 Å². The maximum atomic E-state index is 12.2. The molecule has 2 N–H and O–H groups in total. The van der Waals surface area contributed by atoms with Gasteiger partial charge in [-0.2, -0.15) is 0 Å². The Labute approximate surface area is 168 Å². The molecule has 0 aromatic heterocycles. The highest BCUT2D eigenvalue weighted by Crippen LogP contribution is 2.19. The van der Waals surface area contributed by atoms with E-state index in [4.69, 9.17) is 21.1 Å². The van der Waals surface area contributed by atoms with E-state index in [9.17, 15) is 14.4 Å². The molecule has 0 unspecified atom stereocenters. The second-order valence-corrected chi connectivity index (χ2v) is 6.22. The second-order valence-electron chi connectivity index (χ2n) is 5.78. The molecule has 0 fully saturated rings. The third-order valence-corrected chi connectivity index (χ3v) is 3.89. The van der Waals surface area contributed by atoms with Crippen LogP contribution in [0.4, 0.5) is 5.69 Å². The van der Waals surface area contributed by atoms with Crippen molar-refractivity contribution in [2.24, 2.45) is 0 Å². The standard InChI is InChI=1S/C20H21ClN2O5/c1-3-27-17-7-5-4-6-15(17)20(26)22-11-19(25)28-12-18(24)23-16-9-8-14(21)10-13(16)2/h4-10H,3,11-12H2,1-2H3,(H,22,26)(H,23,24). The molecule has 2 aromatic carbocycles. The molecule has 0 saturated carbocycles. The lowest BCUT2D eigenvalue weighted by atomic mass is 10.2. The quantitative estimate of drug-likeness (QED) is 0.660. The Morgan fingerprint density at radius 3 is 2.57 bits per heavy atom. The Kier molecular flexibility index (Phi) is 7.83. The Balaban J connectivity index is 1.79. The highest BCUT2D eigenvalue weighted by Gasteiger charge is 2.14. The van der Waals surface area contributed by atoms with Gasteiger partial charge in [-0.3, -0.25) is 14.4 Å². The fraction of sp³-hybridized carbons (Fsp3) is 0.250. The van der Waals surface area contributed by atoms with Gasteiger partial charge in [-0.15, -0.1) is 0 Å². The minimum Gasteiger partial charge on any atom is -0.493 e. The largest absolute Gasteiger partial charge is 0.493 e. The summed E-state index contributed by atoms with van der Waals surface area (Å²) in [5, 5.41) is 5.63. The van der Waals surface area contributed by atoms with Crippen molar-refractivity contribution < 1.29 is 23.9 Å². The number of amides is 2. The molecule has 0 aliphatic heterocycles. The smallest absolute Gasteiger partial charge is 0.325 e. The van der Waals surface area contributed by atoms with Gasteiger partial charge in [0.15, 0.2) is 6.61 Å². The molecule has 0 saturated heterocycles. The van der Waals surface area contributed by atoms with Crippen molar-refractivity contribution in [1.29, 1.82) is 0 Å². The minimum absolute atomic E-state index is 0.313. The molecule has 0 spiro atoms. The first-order valence-electron chi connectivity index (χ1n) is 8.62. The van der Waals surface area contributed by atoms with Gasteiger partial charge in [-0.1, -0.05) is 23.7 Å². The molecule has 7 nitrogen and oxygen atoms in total. The molecule has 8 heteroatoms. The van der Waals surface area contributed by atoms with Crippen molar-refractivity contribution in [1.82, 2.24) is 5.32 Å². The van der Waals surface area contributed by atoms with Gasteiger partial charge < -0.3 is 20.1 Å². The fourth-order valence-electron chi connectivity index (χ4n) is 2.33. The summed E-state index contributed by atoms with van der Waals surface area (Å²) in [6.07, 6.45) is 0. The predicted octanol–water partition coefficient (Wildman–Crippen LogP) is 2.96. The number of hydrogen-bond acceptors (Lipinski definition) is 5. The van der Waals surface area contributed by atoms with Gasteiger partial charge in [-0.25, -0.2) is 0 Å². The molecule has 28 heavy (non-hydrogen) atoms. The van der Waals surface area contributed by atoms with E-state index in [1.54, 1.807) is 49.4 Å². The number of carbonyl (C=O) groups excluding carboxylic acids is 3. The summed E-state index contributed by atoms with van der Waals surface area (Å²) in [7, 11) is 0. The van der Waals surface area contributed by atoms with Crippen molar-refractivity contribution in [2.75, 3.05) is 25.1 Å². The third-order valence-electron chi connectivity index (χ3n) is 3.65. The monoisotopic (exact) mass is 404 g/mol. The van der Waals surface area contributed by atoms with Gasteiger partial charge in [0.25, 0.3) is 11.8 Å². The van der Waals surface area contributed by atoms with Gasteiger partial charge in [0.2, 0.25) is 0 Å². The van der Waals surface area contributed by atoms with Crippen LogP contribution in [-0.2, 0) is 14.3 Å². The number of hydrogen-bond donors (Lipinski definition) is 2. The van der Waals surface area contributed by atoms with E-state index >= 15 is 0 Å². The van der Waals surface area contributed by atoms with E-state index in [0.29, 0.717) is 28.6 Å². The van der Waals surface area contributed by atoms with Crippen LogP contribution in [0.25, 0.3) is 0 Å². The summed E-state index contributed by atoms with van der Waals surface area (Å²) in [6.45, 7) is 3.18. The SMILES string of the molecule is CCOc1ccccc1C(=O)NCC(=O)OCC(=O)Nc1ccc(Cl)cc1C. The summed E-state index contributed by atoms with van der Waals surface area (Å²) in [6, 6.07) is 11.7. The summed E-state index contributed by atoms with van der Waals surface area (Å²) in [5.41, 5.74) is 1.67.